The number of carbonyl (C=O) groups is 1. The van der Waals surface area contributed by atoms with Crippen molar-refractivity contribution in [1.29, 1.82) is 0 Å². The van der Waals surface area contributed by atoms with Gasteiger partial charge in [0.05, 0.1) is 28.3 Å². The third-order valence-electron chi connectivity index (χ3n) is 3.87. The number of halogens is 1. The standard InChI is InChI=1S/C19H19ClN2O5S2/c1-3-26-14-7-10-16-17(11-14)28-19(22(16)12-18(23)27-4-2)21-29(24,25)15-8-5-13(20)6-9-15/h5-11H,3-4,12H2,1-2H3/b21-19-. The van der Waals surface area contributed by atoms with Crippen LogP contribution >= 0.6 is 22.9 Å². The van der Waals surface area contributed by atoms with Gasteiger partial charge in [-0.1, -0.05) is 22.9 Å². The highest BCUT2D eigenvalue weighted by atomic mass is 35.5. The van der Waals surface area contributed by atoms with E-state index in [2.05, 4.69) is 4.40 Å². The van der Waals surface area contributed by atoms with E-state index in [1.807, 2.05) is 6.92 Å². The summed E-state index contributed by atoms with van der Waals surface area (Å²) in [5.41, 5.74) is 0.663. The highest BCUT2D eigenvalue weighted by Crippen LogP contribution is 2.24. The predicted octanol–water partition coefficient (Wildman–Crippen LogP) is 3.61. The summed E-state index contributed by atoms with van der Waals surface area (Å²) in [4.78, 5) is 12.3. The van der Waals surface area contributed by atoms with Gasteiger partial charge >= 0.3 is 5.97 Å². The van der Waals surface area contributed by atoms with E-state index < -0.39 is 16.0 Å². The number of rotatable bonds is 7. The van der Waals surface area contributed by atoms with Crippen molar-refractivity contribution in [2.75, 3.05) is 13.2 Å². The highest BCUT2D eigenvalue weighted by Gasteiger charge is 2.17. The Kier molecular flexibility index (Phi) is 6.61. The van der Waals surface area contributed by atoms with Crippen molar-refractivity contribution in [3.8, 4) is 5.75 Å². The lowest BCUT2D eigenvalue weighted by Gasteiger charge is -2.06. The van der Waals surface area contributed by atoms with E-state index >= 15 is 0 Å². The molecule has 7 nitrogen and oxygen atoms in total. The van der Waals surface area contributed by atoms with E-state index in [1.54, 1.807) is 25.1 Å². The summed E-state index contributed by atoms with van der Waals surface area (Å²) in [7, 11) is -4.00. The van der Waals surface area contributed by atoms with Crippen molar-refractivity contribution in [2.45, 2.75) is 25.3 Å². The first-order chi connectivity index (χ1) is 13.8. The van der Waals surface area contributed by atoms with E-state index in [0.717, 1.165) is 16.0 Å². The molecule has 3 aromatic rings. The molecule has 0 atom stereocenters. The van der Waals surface area contributed by atoms with E-state index in [-0.39, 0.29) is 22.8 Å². The van der Waals surface area contributed by atoms with Crippen LogP contribution in [0.4, 0.5) is 0 Å². The van der Waals surface area contributed by atoms with Gasteiger partial charge in [-0.05, 0) is 56.3 Å². The molecule has 0 aliphatic carbocycles. The minimum atomic E-state index is -4.00. The van der Waals surface area contributed by atoms with Crippen molar-refractivity contribution >= 4 is 49.1 Å². The topological polar surface area (TPSA) is 87.0 Å². The first-order valence-electron chi connectivity index (χ1n) is 8.82. The Hall–Kier alpha value is -2.36. The minimum Gasteiger partial charge on any atom is -0.494 e. The lowest BCUT2D eigenvalue weighted by atomic mass is 10.3. The number of esters is 1. The number of thiazole rings is 1. The molecule has 29 heavy (non-hydrogen) atoms. The molecule has 0 bridgehead atoms. The Morgan fingerprint density at radius 2 is 1.86 bits per heavy atom. The normalized spacial score (nSPS) is 12.3. The molecule has 1 aromatic heterocycles. The molecule has 10 heteroatoms. The minimum absolute atomic E-state index is 0.0112. The van der Waals surface area contributed by atoms with Gasteiger partial charge in [-0.2, -0.15) is 8.42 Å². The Labute approximate surface area is 177 Å². The quantitative estimate of drug-likeness (QED) is 0.509. The monoisotopic (exact) mass is 454 g/mol. The molecule has 0 fully saturated rings. The van der Waals surface area contributed by atoms with Gasteiger partial charge < -0.3 is 14.0 Å². The molecule has 0 aliphatic rings. The second-order valence-corrected chi connectivity index (χ2v) is 8.91. The Balaban J connectivity index is 2.17. The third kappa shape index (κ3) is 4.98. The number of hydrogen-bond acceptors (Lipinski definition) is 6. The van der Waals surface area contributed by atoms with E-state index in [1.165, 1.54) is 28.8 Å². The zero-order valence-electron chi connectivity index (χ0n) is 15.8. The average molecular weight is 455 g/mol. The third-order valence-corrected chi connectivity index (χ3v) is 6.56. The van der Waals surface area contributed by atoms with Crippen LogP contribution < -0.4 is 9.54 Å². The number of carbonyl (C=O) groups excluding carboxylic acids is 1. The Morgan fingerprint density at radius 3 is 2.52 bits per heavy atom. The van der Waals surface area contributed by atoms with E-state index in [9.17, 15) is 13.2 Å². The first kappa shape index (κ1) is 21.4. The molecule has 0 unspecified atom stereocenters. The molecule has 0 spiro atoms. The molecule has 3 rings (SSSR count). The molecular formula is C19H19ClN2O5S2. The van der Waals surface area contributed by atoms with Crippen LogP contribution in [0, 0.1) is 0 Å². The van der Waals surface area contributed by atoms with Crippen LogP contribution in [0.1, 0.15) is 13.8 Å². The van der Waals surface area contributed by atoms with E-state index in [0.29, 0.717) is 22.9 Å². The van der Waals surface area contributed by atoms with Crippen LogP contribution in [0.3, 0.4) is 0 Å². The van der Waals surface area contributed by atoms with Crippen LogP contribution in [0.2, 0.25) is 5.02 Å². The number of hydrogen-bond donors (Lipinski definition) is 0. The predicted molar refractivity (Wildman–Crippen MR) is 112 cm³/mol. The van der Waals surface area contributed by atoms with E-state index in [4.69, 9.17) is 21.1 Å². The number of fused-ring (bicyclic) bond motifs is 1. The second-order valence-electron chi connectivity index (χ2n) is 5.86. The maximum absolute atomic E-state index is 12.8. The van der Waals surface area contributed by atoms with Crippen LogP contribution in [0.5, 0.6) is 5.75 Å². The number of ether oxygens (including phenoxy) is 2. The summed E-state index contributed by atoms with van der Waals surface area (Å²) < 4.78 is 42.3. The molecule has 1 heterocycles. The maximum Gasteiger partial charge on any atom is 0.326 e. The molecule has 0 N–H and O–H groups in total. The number of benzene rings is 2. The number of sulfonamides is 1. The first-order valence-corrected chi connectivity index (χ1v) is 11.5. The summed E-state index contributed by atoms with van der Waals surface area (Å²) in [6.07, 6.45) is 0. The Bertz CT molecular complexity index is 1200. The lowest BCUT2D eigenvalue weighted by molar-refractivity contribution is -0.143. The molecule has 0 saturated heterocycles. The summed E-state index contributed by atoms with van der Waals surface area (Å²) in [6.45, 7) is 4.15. The van der Waals surface area contributed by atoms with Gasteiger partial charge in [0, 0.05) is 5.02 Å². The zero-order valence-corrected chi connectivity index (χ0v) is 18.2. The summed E-state index contributed by atoms with van der Waals surface area (Å²) >= 11 is 6.99. The second kappa shape index (κ2) is 8.98. The molecule has 0 saturated carbocycles. The molecular weight excluding hydrogens is 436 g/mol. The fraction of sp³-hybridized carbons (Fsp3) is 0.263. The number of aromatic nitrogens is 1. The average Bonchev–Trinajstić information content (AvgIpc) is 2.98. The van der Waals surface area contributed by atoms with Gasteiger partial charge in [-0.15, -0.1) is 4.40 Å². The van der Waals surface area contributed by atoms with Crippen LogP contribution in [-0.4, -0.2) is 32.2 Å². The van der Waals surface area contributed by atoms with Crippen LogP contribution in [-0.2, 0) is 26.1 Å². The summed E-state index contributed by atoms with van der Waals surface area (Å²) in [6, 6.07) is 11.1. The smallest absolute Gasteiger partial charge is 0.326 e. The fourth-order valence-electron chi connectivity index (χ4n) is 2.63. The maximum atomic E-state index is 12.8. The van der Waals surface area contributed by atoms with Crippen molar-refractivity contribution in [1.82, 2.24) is 4.57 Å². The lowest BCUT2D eigenvalue weighted by Crippen LogP contribution is -2.23. The molecule has 0 radical (unpaired) electrons. The van der Waals surface area contributed by atoms with Crippen molar-refractivity contribution in [3.63, 3.8) is 0 Å². The molecule has 0 amide bonds. The van der Waals surface area contributed by atoms with Crippen LogP contribution in [0.15, 0.2) is 51.8 Å². The largest absolute Gasteiger partial charge is 0.494 e. The van der Waals surface area contributed by atoms with Crippen molar-refractivity contribution in [3.05, 3.63) is 52.3 Å². The van der Waals surface area contributed by atoms with Gasteiger partial charge in [-0.25, -0.2) is 0 Å². The van der Waals surface area contributed by atoms with Gasteiger partial charge in [0.1, 0.15) is 12.3 Å². The number of nitrogens with zero attached hydrogens (tertiary/aromatic N) is 2. The van der Waals surface area contributed by atoms with Gasteiger partial charge in [-0.3, -0.25) is 4.79 Å². The molecule has 0 aliphatic heterocycles. The Morgan fingerprint density at radius 1 is 1.14 bits per heavy atom. The fourth-order valence-corrected chi connectivity index (χ4v) is 5.02. The van der Waals surface area contributed by atoms with Crippen molar-refractivity contribution < 1.29 is 22.7 Å². The summed E-state index contributed by atoms with van der Waals surface area (Å²) in [5.74, 6) is 0.170. The molecule has 2 aromatic carbocycles. The zero-order chi connectivity index (χ0) is 21.0. The van der Waals surface area contributed by atoms with Crippen molar-refractivity contribution in [2.24, 2.45) is 4.40 Å². The highest BCUT2D eigenvalue weighted by molar-refractivity contribution is 7.90. The molecule has 154 valence electrons. The summed E-state index contributed by atoms with van der Waals surface area (Å²) in [5, 5.41) is 0.423. The van der Waals surface area contributed by atoms with Gasteiger partial charge in [0.2, 0.25) is 4.80 Å². The van der Waals surface area contributed by atoms with Gasteiger partial charge in [0.15, 0.2) is 0 Å². The van der Waals surface area contributed by atoms with Gasteiger partial charge in [0.25, 0.3) is 10.0 Å². The SMILES string of the molecule is CCOC(=O)Cn1/c(=N/S(=O)(=O)c2ccc(Cl)cc2)sc2cc(OCC)ccc21. The van der Waals surface area contributed by atoms with Crippen LogP contribution in [0.25, 0.3) is 10.2 Å².